The lowest BCUT2D eigenvalue weighted by Crippen LogP contribution is -1.92. The first kappa shape index (κ1) is 17.8. The van der Waals surface area contributed by atoms with Crippen molar-refractivity contribution in [2.45, 2.75) is 0 Å². The lowest BCUT2D eigenvalue weighted by atomic mass is 10.2. The van der Waals surface area contributed by atoms with Crippen molar-refractivity contribution in [1.82, 2.24) is 0 Å². The molecule has 6 heteroatoms. The Hall–Kier alpha value is -3.54. The number of carbonyl (C=O) groups is 2. The topological polar surface area (TPSA) is 93.1 Å². The Bertz CT molecular complexity index is 818. The Balaban J connectivity index is 2.16. The van der Waals surface area contributed by atoms with Crippen molar-refractivity contribution in [2.24, 2.45) is 0 Å². The molecule has 6 nitrogen and oxygen atoms in total. The van der Waals surface area contributed by atoms with Gasteiger partial charge in [0.15, 0.2) is 11.5 Å². The Morgan fingerprint density at radius 1 is 0.840 bits per heavy atom. The molecule has 0 saturated heterocycles. The molecule has 0 aromatic heterocycles. The Labute approximate surface area is 144 Å². The highest BCUT2D eigenvalue weighted by molar-refractivity contribution is 5.85. The number of aliphatic carboxylic acids is 2. The third-order valence-corrected chi connectivity index (χ3v) is 3.13. The van der Waals surface area contributed by atoms with Gasteiger partial charge in [0.2, 0.25) is 0 Å². The molecular weight excluding hydrogens is 324 g/mol. The lowest BCUT2D eigenvalue weighted by molar-refractivity contribution is -0.132. The van der Waals surface area contributed by atoms with Gasteiger partial charge in [-0.15, -0.1) is 0 Å². The number of rotatable bonds is 7. The normalized spacial score (nSPS) is 10.9. The maximum atomic E-state index is 10.6. The van der Waals surface area contributed by atoms with Crippen molar-refractivity contribution in [1.29, 1.82) is 0 Å². The van der Waals surface area contributed by atoms with E-state index in [1.54, 1.807) is 42.5 Å². The van der Waals surface area contributed by atoms with E-state index in [1.807, 2.05) is 0 Å². The summed E-state index contributed by atoms with van der Waals surface area (Å²) in [5.74, 6) is -0.552. The average Bonchev–Trinajstić information content (AvgIpc) is 2.60. The lowest BCUT2D eigenvalue weighted by Gasteiger charge is -2.11. The molecule has 2 rings (SSSR count). The van der Waals surface area contributed by atoms with E-state index in [0.717, 1.165) is 17.7 Å². The van der Waals surface area contributed by atoms with Gasteiger partial charge in [0, 0.05) is 12.2 Å². The van der Waals surface area contributed by atoms with Crippen molar-refractivity contribution >= 4 is 24.1 Å². The highest BCUT2D eigenvalue weighted by atomic mass is 16.5. The van der Waals surface area contributed by atoms with Crippen molar-refractivity contribution in [3.8, 4) is 17.2 Å². The number of hydrogen-bond donors (Lipinski definition) is 2. The Morgan fingerprint density at radius 2 is 1.40 bits per heavy atom. The van der Waals surface area contributed by atoms with Crippen LogP contribution in [0.3, 0.4) is 0 Å². The monoisotopic (exact) mass is 340 g/mol. The molecule has 0 atom stereocenters. The van der Waals surface area contributed by atoms with Crippen LogP contribution in [0.1, 0.15) is 11.1 Å². The van der Waals surface area contributed by atoms with Crippen LogP contribution in [-0.2, 0) is 9.59 Å². The minimum Gasteiger partial charge on any atom is -0.493 e. The highest BCUT2D eigenvalue weighted by Crippen LogP contribution is 2.32. The Kier molecular flexibility index (Phi) is 5.95. The van der Waals surface area contributed by atoms with Gasteiger partial charge in [0.05, 0.1) is 7.11 Å². The number of carboxylic acid groups (broad SMARTS) is 2. The van der Waals surface area contributed by atoms with Gasteiger partial charge >= 0.3 is 11.9 Å². The number of ether oxygens (including phenoxy) is 2. The molecule has 0 saturated carbocycles. The van der Waals surface area contributed by atoms with E-state index >= 15 is 0 Å². The zero-order valence-electron chi connectivity index (χ0n) is 13.4. The molecule has 2 N–H and O–H groups in total. The summed E-state index contributed by atoms with van der Waals surface area (Å²) in [6, 6.07) is 11.9. The van der Waals surface area contributed by atoms with E-state index < -0.39 is 11.9 Å². The molecule has 0 radical (unpaired) electrons. The fourth-order valence-electron chi connectivity index (χ4n) is 1.98. The molecule has 25 heavy (non-hydrogen) atoms. The smallest absolute Gasteiger partial charge is 0.328 e. The van der Waals surface area contributed by atoms with Gasteiger partial charge in [-0.3, -0.25) is 0 Å². The van der Waals surface area contributed by atoms with E-state index in [4.69, 9.17) is 19.7 Å². The largest absolute Gasteiger partial charge is 0.493 e. The molecule has 0 fully saturated rings. The second-order valence-electron chi connectivity index (χ2n) is 4.92. The predicted molar refractivity (Wildman–Crippen MR) is 92.8 cm³/mol. The van der Waals surface area contributed by atoms with E-state index in [-0.39, 0.29) is 0 Å². The fourth-order valence-corrected chi connectivity index (χ4v) is 1.98. The zero-order chi connectivity index (χ0) is 18.2. The molecule has 0 spiro atoms. The zero-order valence-corrected chi connectivity index (χ0v) is 13.4. The van der Waals surface area contributed by atoms with Crippen LogP contribution >= 0.6 is 0 Å². The van der Waals surface area contributed by atoms with E-state index in [9.17, 15) is 9.59 Å². The van der Waals surface area contributed by atoms with Crippen LogP contribution in [0.2, 0.25) is 0 Å². The molecule has 128 valence electrons. The van der Waals surface area contributed by atoms with Crippen LogP contribution in [0.25, 0.3) is 12.2 Å². The molecule has 0 aliphatic carbocycles. The van der Waals surface area contributed by atoms with Crippen LogP contribution in [0.4, 0.5) is 0 Å². The van der Waals surface area contributed by atoms with E-state index in [0.29, 0.717) is 22.8 Å². The third kappa shape index (κ3) is 5.54. The quantitative estimate of drug-likeness (QED) is 0.747. The summed E-state index contributed by atoms with van der Waals surface area (Å²) in [7, 11) is 1.49. The van der Waals surface area contributed by atoms with Gasteiger partial charge in [-0.1, -0.05) is 18.2 Å². The van der Waals surface area contributed by atoms with Crippen LogP contribution < -0.4 is 9.47 Å². The van der Waals surface area contributed by atoms with Crippen LogP contribution in [-0.4, -0.2) is 29.3 Å². The average molecular weight is 340 g/mol. The second-order valence-corrected chi connectivity index (χ2v) is 4.92. The van der Waals surface area contributed by atoms with Gasteiger partial charge in [-0.05, 0) is 47.5 Å². The summed E-state index contributed by atoms with van der Waals surface area (Å²) in [4.78, 5) is 21.1. The van der Waals surface area contributed by atoms with Crippen molar-refractivity contribution < 1.29 is 29.3 Å². The minimum absolute atomic E-state index is 0.461. The molecule has 0 aliphatic rings. The first-order valence-electron chi connectivity index (χ1n) is 7.26. The van der Waals surface area contributed by atoms with Gasteiger partial charge in [-0.25, -0.2) is 9.59 Å². The molecule has 0 amide bonds. The summed E-state index contributed by atoms with van der Waals surface area (Å²) >= 11 is 0. The minimum atomic E-state index is -1.03. The number of carboxylic acids is 2. The molecule has 2 aromatic carbocycles. The maximum Gasteiger partial charge on any atom is 0.328 e. The standard InChI is InChI=1S/C19H16O6/c1-24-17-12-14(6-11-19(22)23)4-9-16(17)25-15-7-2-13(3-8-15)5-10-18(20)21/h2-12H,1H3,(H,20,21)(H,22,23). The molecule has 0 unspecified atom stereocenters. The number of hydrogen-bond acceptors (Lipinski definition) is 4. The first-order chi connectivity index (χ1) is 12.0. The summed E-state index contributed by atoms with van der Waals surface area (Å²) in [6.45, 7) is 0. The summed E-state index contributed by atoms with van der Waals surface area (Å²) in [5, 5.41) is 17.3. The van der Waals surface area contributed by atoms with Crippen molar-refractivity contribution in [2.75, 3.05) is 7.11 Å². The van der Waals surface area contributed by atoms with Crippen LogP contribution in [0.5, 0.6) is 17.2 Å². The third-order valence-electron chi connectivity index (χ3n) is 3.13. The number of benzene rings is 2. The van der Waals surface area contributed by atoms with Gasteiger partial charge in [-0.2, -0.15) is 0 Å². The van der Waals surface area contributed by atoms with E-state index in [1.165, 1.54) is 19.3 Å². The van der Waals surface area contributed by atoms with Gasteiger partial charge in [0.1, 0.15) is 5.75 Å². The van der Waals surface area contributed by atoms with Crippen LogP contribution in [0, 0.1) is 0 Å². The fraction of sp³-hybridized carbons (Fsp3) is 0.0526. The molecule has 0 heterocycles. The summed E-state index contributed by atoms with van der Waals surface area (Å²) in [5.41, 5.74) is 1.40. The van der Waals surface area contributed by atoms with Gasteiger partial charge in [0.25, 0.3) is 0 Å². The highest BCUT2D eigenvalue weighted by Gasteiger charge is 2.06. The SMILES string of the molecule is COc1cc(C=CC(=O)O)ccc1Oc1ccc(C=CC(=O)O)cc1. The predicted octanol–water partition coefficient (Wildman–Crippen LogP) is 3.68. The second kappa shape index (κ2) is 8.35. The molecule has 0 bridgehead atoms. The van der Waals surface area contributed by atoms with Crippen molar-refractivity contribution in [3.63, 3.8) is 0 Å². The van der Waals surface area contributed by atoms with Gasteiger partial charge < -0.3 is 19.7 Å². The molecular formula is C19H16O6. The summed E-state index contributed by atoms with van der Waals surface area (Å²) < 4.78 is 11.0. The van der Waals surface area contributed by atoms with Crippen molar-refractivity contribution in [3.05, 3.63) is 65.7 Å². The summed E-state index contributed by atoms with van der Waals surface area (Å²) in [6.07, 6.45) is 5.04. The number of methoxy groups -OCH3 is 1. The van der Waals surface area contributed by atoms with E-state index in [2.05, 4.69) is 0 Å². The van der Waals surface area contributed by atoms with Crippen LogP contribution in [0.15, 0.2) is 54.6 Å². The molecule has 2 aromatic rings. The Morgan fingerprint density at radius 3 is 1.96 bits per heavy atom. The molecule has 0 aliphatic heterocycles. The maximum absolute atomic E-state index is 10.6. The first-order valence-corrected chi connectivity index (χ1v) is 7.26.